The van der Waals surface area contributed by atoms with E-state index in [0.717, 1.165) is 18.2 Å². The van der Waals surface area contributed by atoms with E-state index in [1.165, 1.54) is 32.4 Å². The summed E-state index contributed by atoms with van der Waals surface area (Å²) in [7, 11) is -2.10. The van der Waals surface area contributed by atoms with E-state index in [1.54, 1.807) is 12.1 Å². The zero-order valence-corrected chi connectivity index (χ0v) is 11.3. The Balaban J connectivity index is 2.09. The third kappa shape index (κ3) is 2.76. The molecule has 0 unspecified atom stereocenters. The van der Waals surface area contributed by atoms with Crippen molar-refractivity contribution < 1.29 is 8.42 Å². The average Bonchev–Trinajstić information content (AvgIpc) is 2.26. The molecule has 0 aliphatic heterocycles. The van der Waals surface area contributed by atoms with Gasteiger partial charge in [0.05, 0.1) is 5.69 Å². The molecule has 0 saturated heterocycles. The van der Waals surface area contributed by atoms with Crippen LogP contribution in [-0.4, -0.2) is 22.0 Å². The van der Waals surface area contributed by atoms with E-state index in [-0.39, 0.29) is 10.6 Å². The first-order chi connectivity index (χ1) is 8.53. The first-order valence-electron chi connectivity index (χ1n) is 6.10. The second kappa shape index (κ2) is 5.16. The summed E-state index contributed by atoms with van der Waals surface area (Å²) >= 11 is 0. The monoisotopic (exact) mass is 269 g/mol. The van der Waals surface area contributed by atoms with Gasteiger partial charge in [0.1, 0.15) is 4.90 Å². The van der Waals surface area contributed by atoms with Crippen molar-refractivity contribution in [2.24, 2.45) is 5.92 Å². The van der Waals surface area contributed by atoms with Crippen LogP contribution in [0.15, 0.2) is 23.1 Å². The molecule has 0 aromatic heterocycles. The van der Waals surface area contributed by atoms with Crippen molar-refractivity contribution in [2.45, 2.75) is 24.2 Å². The maximum atomic E-state index is 11.6. The van der Waals surface area contributed by atoms with Gasteiger partial charge in [-0.1, -0.05) is 6.42 Å². The fourth-order valence-electron chi connectivity index (χ4n) is 1.97. The Labute approximate surface area is 108 Å². The van der Waals surface area contributed by atoms with Crippen LogP contribution in [0.4, 0.5) is 11.4 Å². The third-order valence-corrected chi connectivity index (χ3v) is 4.88. The van der Waals surface area contributed by atoms with E-state index in [0.29, 0.717) is 0 Å². The molecule has 0 heterocycles. The van der Waals surface area contributed by atoms with Crippen LogP contribution >= 0.6 is 0 Å². The van der Waals surface area contributed by atoms with E-state index < -0.39 is 10.0 Å². The van der Waals surface area contributed by atoms with Crippen molar-refractivity contribution in [1.82, 2.24) is 4.72 Å². The van der Waals surface area contributed by atoms with Gasteiger partial charge in [0.2, 0.25) is 10.0 Å². The standard InChI is InChI=1S/C12H19N3O2S/c1-14-18(16,17)12-6-5-10(7-11(12)13)15-8-9-3-2-4-9/h5-7,9,14-15H,2-4,8,13H2,1H3. The molecule has 2 rings (SSSR count). The topological polar surface area (TPSA) is 84.2 Å². The van der Waals surface area contributed by atoms with Crippen LogP contribution in [-0.2, 0) is 10.0 Å². The molecule has 1 aliphatic carbocycles. The normalized spacial score (nSPS) is 16.3. The van der Waals surface area contributed by atoms with Crippen LogP contribution in [0.1, 0.15) is 19.3 Å². The Hall–Kier alpha value is -1.27. The molecule has 1 aromatic rings. The molecule has 0 amide bonds. The number of hydrogen-bond acceptors (Lipinski definition) is 4. The summed E-state index contributed by atoms with van der Waals surface area (Å²) in [4.78, 5) is 0.124. The third-order valence-electron chi connectivity index (χ3n) is 3.39. The zero-order valence-electron chi connectivity index (χ0n) is 10.4. The van der Waals surface area contributed by atoms with Crippen molar-refractivity contribution in [3.05, 3.63) is 18.2 Å². The highest BCUT2D eigenvalue weighted by molar-refractivity contribution is 7.89. The number of rotatable bonds is 5. The van der Waals surface area contributed by atoms with Gasteiger partial charge in [-0.05, 0) is 44.0 Å². The van der Waals surface area contributed by atoms with Crippen LogP contribution in [0.3, 0.4) is 0 Å². The van der Waals surface area contributed by atoms with Crippen molar-refractivity contribution in [3.8, 4) is 0 Å². The molecule has 0 bridgehead atoms. The Morgan fingerprint density at radius 2 is 2.11 bits per heavy atom. The summed E-state index contributed by atoms with van der Waals surface area (Å²) < 4.78 is 25.5. The number of nitrogens with one attached hydrogen (secondary N) is 2. The fourth-order valence-corrected chi connectivity index (χ4v) is 2.81. The SMILES string of the molecule is CNS(=O)(=O)c1ccc(NCC2CCC2)cc1N. The molecule has 4 N–H and O–H groups in total. The minimum absolute atomic E-state index is 0.124. The van der Waals surface area contributed by atoms with Crippen LogP contribution in [0.25, 0.3) is 0 Å². The lowest BCUT2D eigenvalue weighted by molar-refractivity contribution is 0.333. The Morgan fingerprint density at radius 1 is 1.39 bits per heavy atom. The molecule has 0 spiro atoms. The molecule has 1 saturated carbocycles. The largest absolute Gasteiger partial charge is 0.398 e. The second-order valence-electron chi connectivity index (χ2n) is 4.64. The van der Waals surface area contributed by atoms with Gasteiger partial charge in [0.25, 0.3) is 0 Å². The molecule has 6 heteroatoms. The lowest BCUT2D eigenvalue weighted by Crippen LogP contribution is -2.22. The van der Waals surface area contributed by atoms with Gasteiger partial charge in [0.15, 0.2) is 0 Å². The minimum Gasteiger partial charge on any atom is -0.398 e. The van der Waals surface area contributed by atoms with Crippen molar-refractivity contribution in [2.75, 3.05) is 24.6 Å². The van der Waals surface area contributed by atoms with Gasteiger partial charge >= 0.3 is 0 Å². The molecule has 100 valence electrons. The Bertz CT molecular complexity index is 524. The van der Waals surface area contributed by atoms with E-state index in [9.17, 15) is 8.42 Å². The molecule has 1 aliphatic rings. The predicted molar refractivity (Wildman–Crippen MR) is 72.9 cm³/mol. The molecular weight excluding hydrogens is 250 g/mol. The average molecular weight is 269 g/mol. The summed E-state index contributed by atoms with van der Waals surface area (Å²) in [5.74, 6) is 0.743. The van der Waals surface area contributed by atoms with E-state index in [1.807, 2.05) is 0 Å². The molecule has 1 aromatic carbocycles. The zero-order chi connectivity index (χ0) is 13.2. The first-order valence-corrected chi connectivity index (χ1v) is 7.58. The van der Waals surface area contributed by atoms with Gasteiger partial charge in [-0.3, -0.25) is 0 Å². The molecule has 0 radical (unpaired) electrons. The Morgan fingerprint density at radius 3 is 2.61 bits per heavy atom. The summed E-state index contributed by atoms with van der Waals surface area (Å²) in [6, 6.07) is 4.95. The van der Waals surface area contributed by atoms with Crippen LogP contribution in [0, 0.1) is 5.92 Å². The van der Waals surface area contributed by atoms with Crippen molar-refractivity contribution in [1.29, 1.82) is 0 Å². The summed E-state index contributed by atoms with van der Waals surface area (Å²) in [6.45, 7) is 0.928. The molecule has 0 atom stereocenters. The lowest BCUT2D eigenvalue weighted by Gasteiger charge is -2.26. The van der Waals surface area contributed by atoms with Gasteiger partial charge in [0, 0.05) is 12.2 Å². The smallest absolute Gasteiger partial charge is 0.242 e. The number of nitrogen functional groups attached to an aromatic ring is 1. The fraction of sp³-hybridized carbons (Fsp3) is 0.500. The number of nitrogens with two attached hydrogens (primary N) is 1. The van der Waals surface area contributed by atoms with Gasteiger partial charge in [-0.15, -0.1) is 0 Å². The van der Waals surface area contributed by atoms with Crippen LogP contribution in [0.5, 0.6) is 0 Å². The lowest BCUT2D eigenvalue weighted by atomic mass is 9.85. The quantitative estimate of drug-likeness (QED) is 0.705. The van der Waals surface area contributed by atoms with Gasteiger partial charge in [-0.2, -0.15) is 0 Å². The summed E-state index contributed by atoms with van der Waals surface area (Å²) in [6.07, 6.45) is 3.86. The van der Waals surface area contributed by atoms with Crippen molar-refractivity contribution in [3.63, 3.8) is 0 Å². The number of sulfonamides is 1. The van der Waals surface area contributed by atoms with Gasteiger partial charge < -0.3 is 11.1 Å². The number of anilines is 2. The van der Waals surface area contributed by atoms with Crippen LogP contribution < -0.4 is 15.8 Å². The summed E-state index contributed by atoms with van der Waals surface area (Å²) in [5.41, 5.74) is 6.91. The second-order valence-corrected chi connectivity index (χ2v) is 6.49. The molecule has 18 heavy (non-hydrogen) atoms. The molecule has 5 nitrogen and oxygen atoms in total. The maximum Gasteiger partial charge on any atom is 0.242 e. The Kier molecular flexibility index (Phi) is 3.77. The minimum atomic E-state index is -3.47. The first kappa shape index (κ1) is 13.2. The highest BCUT2D eigenvalue weighted by Crippen LogP contribution is 2.27. The highest BCUT2D eigenvalue weighted by atomic mass is 32.2. The predicted octanol–water partition coefficient (Wildman–Crippen LogP) is 1.39. The maximum absolute atomic E-state index is 11.6. The van der Waals surface area contributed by atoms with Crippen molar-refractivity contribution >= 4 is 21.4 Å². The number of benzene rings is 1. The number of hydrogen-bond donors (Lipinski definition) is 3. The summed E-state index contributed by atoms with van der Waals surface area (Å²) in [5, 5.41) is 3.29. The van der Waals surface area contributed by atoms with E-state index in [4.69, 9.17) is 5.73 Å². The van der Waals surface area contributed by atoms with E-state index >= 15 is 0 Å². The van der Waals surface area contributed by atoms with Gasteiger partial charge in [-0.25, -0.2) is 13.1 Å². The molecular formula is C12H19N3O2S. The molecule has 1 fully saturated rings. The van der Waals surface area contributed by atoms with Crippen LogP contribution in [0.2, 0.25) is 0 Å². The van der Waals surface area contributed by atoms with E-state index in [2.05, 4.69) is 10.0 Å². The highest BCUT2D eigenvalue weighted by Gasteiger charge is 2.18.